The molecular weight excluding hydrogens is 274 g/mol. The molecule has 0 unspecified atom stereocenters. The lowest BCUT2D eigenvalue weighted by Crippen LogP contribution is -2.36. The fraction of sp³-hybridized carbons (Fsp3) is 0.267. The summed E-state index contributed by atoms with van der Waals surface area (Å²) in [4.78, 5) is 4.05. The number of guanidine groups is 1. The van der Waals surface area contributed by atoms with E-state index in [-0.39, 0.29) is 12.1 Å². The quantitative estimate of drug-likeness (QED) is 0.670. The first-order chi connectivity index (χ1) is 10.1. The van der Waals surface area contributed by atoms with Crippen molar-refractivity contribution in [1.82, 2.24) is 15.2 Å². The summed E-state index contributed by atoms with van der Waals surface area (Å²) in [6.45, 7) is 0.768. The first-order valence-corrected chi connectivity index (χ1v) is 6.58. The maximum absolute atomic E-state index is 13.5. The van der Waals surface area contributed by atoms with Crippen molar-refractivity contribution >= 4 is 5.96 Å². The summed E-state index contributed by atoms with van der Waals surface area (Å²) >= 11 is 0. The Hall–Kier alpha value is -2.37. The Morgan fingerprint density at radius 3 is 2.62 bits per heavy atom. The number of halogens is 2. The minimum absolute atomic E-state index is 0.165. The predicted molar refractivity (Wildman–Crippen MR) is 78.8 cm³/mol. The SMILES string of the molecule is CN=C(NCc1ccn(C)c1)NCc1cc(F)ccc1F. The summed E-state index contributed by atoms with van der Waals surface area (Å²) in [6.07, 6.45) is 3.95. The first kappa shape index (κ1) is 15.0. The van der Waals surface area contributed by atoms with Gasteiger partial charge in [-0.3, -0.25) is 4.99 Å². The van der Waals surface area contributed by atoms with E-state index in [1.165, 1.54) is 6.07 Å². The van der Waals surface area contributed by atoms with Gasteiger partial charge in [0.25, 0.3) is 0 Å². The number of rotatable bonds is 4. The van der Waals surface area contributed by atoms with E-state index >= 15 is 0 Å². The molecule has 6 heteroatoms. The third-order valence-corrected chi connectivity index (χ3v) is 3.03. The smallest absolute Gasteiger partial charge is 0.191 e. The van der Waals surface area contributed by atoms with Crippen LogP contribution in [0.3, 0.4) is 0 Å². The van der Waals surface area contributed by atoms with Crippen LogP contribution in [-0.2, 0) is 20.1 Å². The standard InChI is InChI=1S/C15H18F2N4/c1-18-15(19-8-11-5-6-21(2)10-11)20-9-12-7-13(16)3-4-14(12)17/h3-7,10H,8-9H2,1-2H3,(H2,18,19,20). The van der Waals surface area contributed by atoms with Crippen LogP contribution in [0.15, 0.2) is 41.7 Å². The molecule has 0 bridgehead atoms. The van der Waals surface area contributed by atoms with Gasteiger partial charge in [0, 0.05) is 45.1 Å². The molecule has 0 radical (unpaired) electrons. The molecule has 0 saturated heterocycles. The van der Waals surface area contributed by atoms with Crippen LogP contribution < -0.4 is 10.6 Å². The number of aryl methyl sites for hydroxylation is 1. The number of nitrogens with zero attached hydrogens (tertiary/aromatic N) is 2. The lowest BCUT2D eigenvalue weighted by Gasteiger charge is -2.12. The van der Waals surface area contributed by atoms with Crippen molar-refractivity contribution in [3.05, 3.63) is 59.4 Å². The van der Waals surface area contributed by atoms with Gasteiger partial charge in [0.1, 0.15) is 11.6 Å². The van der Waals surface area contributed by atoms with Gasteiger partial charge in [-0.05, 0) is 29.8 Å². The van der Waals surface area contributed by atoms with E-state index in [1.807, 2.05) is 30.1 Å². The van der Waals surface area contributed by atoms with E-state index in [2.05, 4.69) is 15.6 Å². The Morgan fingerprint density at radius 2 is 1.95 bits per heavy atom. The molecule has 0 aliphatic rings. The van der Waals surface area contributed by atoms with Gasteiger partial charge in [0.15, 0.2) is 5.96 Å². The molecule has 0 saturated carbocycles. The van der Waals surface area contributed by atoms with Crippen molar-refractivity contribution < 1.29 is 8.78 Å². The number of hydrogen-bond acceptors (Lipinski definition) is 1. The maximum atomic E-state index is 13.5. The second kappa shape index (κ2) is 6.88. The predicted octanol–water partition coefficient (Wildman–Crippen LogP) is 2.17. The third kappa shape index (κ3) is 4.30. The van der Waals surface area contributed by atoms with E-state index in [4.69, 9.17) is 0 Å². The maximum Gasteiger partial charge on any atom is 0.191 e. The topological polar surface area (TPSA) is 41.4 Å². The monoisotopic (exact) mass is 292 g/mol. The number of aliphatic imine (C=N–C) groups is 1. The third-order valence-electron chi connectivity index (χ3n) is 3.03. The summed E-state index contributed by atoms with van der Waals surface area (Å²) in [5.74, 6) is -0.370. The van der Waals surface area contributed by atoms with Crippen LogP contribution in [0.4, 0.5) is 8.78 Å². The molecule has 0 fully saturated rings. The summed E-state index contributed by atoms with van der Waals surface area (Å²) in [5, 5.41) is 6.07. The van der Waals surface area contributed by atoms with Crippen LogP contribution in [0.2, 0.25) is 0 Å². The number of hydrogen-bond donors (Lipinski definition) is 2. The zero-order valence-corrected chi connectivity index (χ0v) is 12.0. The highest BCUT2D eigenvalue weighted by Gasteiger charge is 2.05. The van der Waals surface area contributed by atoms with Gasteiger partial charge in [-0.15, -0.1) is 0 Å². The van der Waals surface area contributed by atoms with Crippen molar-refractivity contribution in [3.8, 4) is 0 Å². The second-order valence-electron chi connectivity index (χ2n) is 4.70. The van der Waals surface area contributed by atoms with E-state index in [0.717, 1.165) is 17.7 Å². The lowest BCUT2D eigenvalue weighted by molar-refractivity contribution is 0.581. The normalized spacial score (nSPS) is 11.5. The zero-order chi connectivity index (χ0) is 15.2. The minimum atomic E-state index is -0.458. The van der Waals surface area contributed by atoms with Gasteiger partial charge in [0.05, 0.1) is 0 Å². The fourth-order valence-corrected chi connectivity index (χ4v) is 1.93. The van der Waals surface area contributed by atoms with E-state index in [0.29, 0.717) is 12.5 Å². The molecule has 112 valence electrons. The summed E-state index contributed by atoms with van der Waals surface area (Å²) < 4.78 is 28.5. The fourth-order valence-electron chi connectivity index (χ4n) is 1.93. The molecule has 0 atom stereocenters. The highest BCUT2D eigenvalue weighted by molar-refractivity contribution is 5.79. The zero-order valence-electron chi connectivity index (χ0n) is 12.0. The molecule has 0 amide bonds. The van der Waals surface area contributed by atoms with Crippen molar-refractivity contribution in [2.45, 2.75) is 13.1 Å². The van der Waals surface area contributed by atoms with E-state index in [9.17, 15) is 8.78 Å². The molecule has 1 aromatic carbocycles. The molecule has 2 aromatic rings. The molecule has 0 aliphatic heterocycles. The first-order valence-electron chi connectivity index (χ1n) is 6.58. The molecular formula is C15H18F2N4. The lowest BCUT2D eigenvalue weighted by atomic mass is 10.2. The summed E-state index contributed by atoms with van der Waals surface area (Å²) in [6, 6.07) is 5.38. The highest BCUT2D eigenvalue weighted by Crippen LogP contribution is 2.09. The molecule has 2 N–H and O–H groups in total. The minimum Gasteiger partial charge on any atom is -0.357 e. The van der Waals surface area contributed by atoms with Crippen molar-refractivity contribution in [2.24, 2.45) is 12.0 Å². The molecule has 1 heterocycles. The summed E-state index contributed by atoms with van der Waals surface area (Å²) in [7, 11) is 3.57. The second-order valence-corrected chi connectivity index (χ2v) is 4.70. The Labute approximate surface area is 122 Å². The van der Waals surface area contributed by atoms with Gasteiger partial charge < -0.3 is 15.2 Å². The Bertz CT molecular complexity index is 634. The van der Waals surface area contributed by atoms with Crippen LogP contribution in [0.1, 0.15) is 11.1 Å². The molecule has 2 rings (SSSR count). The Kier molecular flexibility index (Phi) is 4.92. The van der Waals surface area contributed by atoms with Crippen molar-refractivity contribution in [3.63, 3.8) is 0 Å². The highest BCUT2D eigenvalue weighted by atomic mass is 19.1. The van der Waals surface area contributed by atoms with Gasteiger partial charge in [-0.2, -0.15) is 0 Å². The van der Waals surface area contributed by atoms with Gasteiger partial charge in [-0.25, -0.2) is 8.78 Å². The van der Waals surface area contributed by atoms with Crippen LogP contribution in [0.25, 0.3) is 0 Å². The number of aromatic nitrogens is 1. The Morgan fingerprint density at radius 1 is 1.19 bits per heavy atom. The van der Waals surface area contributed by atoms with Crippen LogP contribution in [0.5, 0.6) is 0 Å². The number of nitrogens with one attached hydrogen (secondary N) is 2. The van der Waals surface area contributed by atoms with E-state index < -0.39 is 11.6 Å². The molecule has 21 heavy (non-hydrogen) atoms. The molecule has 0 spiro atoms. The van der Waals surface area contributed by atoms with Gasteiger partial charge >= 0.3 is 0 Å². The molecule has 1 aromatic heterocycles. The van der Waals surface area contributed by atoms with Crippen molar-refractivity contribution in [1.29, 1.82) is 0 Å². The summed E-state index contributed by atoms with van der Waals surface area (Å²) in [5.41, 5.74) is 1.37. The molecule has 0 aliphatic carbocycles. The average Bonchev–Trinajstić information content (AvgIpc) is 2.88. The van der Waals surface area contributed by atoms with Gasteiger partial charge in [-0.1, -0.05) is 0 Å². The number of benzene rings is 1. The Balaban J connectivity index is 1.89. The van der Waals surface area contributed by atoms with Crippen molar-refractivity contribution in [2.75, 3.05) is 7.05 Å². The average molecular weight is 292 g/mol. The van der Waals surface area contributed by atoms with Crippen LogP contribution in [0, 0.1) is 11.6 Å². The van der Waals surface area contributed by atoms with Crippen LogP contribution >= 0.6 is 0 Å². The largest absolute Gasteiger partial charge is 0.357 e. The van der Waals surface area contributed by atoms with Gasteiger partial charge in [0.2, 0.25) is 0 Å². The van der Waals surface area contributed by atoms with Crippen LogP contribution in [-0.4, -0.2) is 17.6 Å². The van der Waals surface area contributed by atoms with E-state index in [1.54, 1.807) is 7.05 Å². The molecule has 4 nitrogen and oxygen atoms in total.